The van der Waals surface area contributed by atoms with E-state index in [0.717, 1.165) is 5.56 Å². The van der Waals surface area contributed by atoms with Crippen molar-refractivity contribution >= 4 is 0 Å². The molecule has 0 atom stereocenters. The Morgan fingerprint density at radius 3 is 2.67 bits per heavy atom. The van der Waals surface area contributed by atoms with Crippen LogP contribution in [0.3, 0.4) is 0 Å². The SMILES string of the molecule is CCOc1cccc(CO)c1OCc1cccc(C#N)c1. The van der Waals surface area contributed by atoms with Crippen LogP contribution in [-0.2, 0) is 13.2 Å². The summed E-state index contributed by atoms with van der Waals surface area (Å²) in [7, 11) is 0. The molecular weight excluding hydrogens is 266 g/mol. The summed E-state index contributed by atoms with van der Waals surface area (Å²) >= 11 is 0. The Balaban J connectivity index is 2.20. The van der Waals surface area contributed by atoms with Gasteiger partial charge in [0.25, 0.3) is 0 Å². The van der Waals surface area contributed by atoms with E-state index in [9.17, 15) is 5.11 Å². The maximum atomic E-state index is 9.41. The second-order valence-corrected chi connectivity index (χ2v) is 4.44. The number of rotatable bonds is 6. The summed E-state index contributed by atoms with van der Waals surface area (Å²) in [6.45, 7) is 2.61. The van der Waals surface area contributed by atoms with Gasteiger partial charge in [-0.1, -0.05) is 24.3 Å². The molecule has 0 radical (unpaired) electrons. The highest BCUT2D eigenvalue weighted by Gasteiger charge is 2.10. The van der Waals surface area contributed by atoms with Crippen LogP contribution in [0, 0.1) is 11.3 Å². The van der Waals surface area contributed by atoms with Gasteiger partial charge in [0, 0.05) is 5.56 Å². The third-order valence-electron chi connectivity index (χ3n) is 2.97. The Bertz CT molecular complexity index is 647. The standard InChI is InChI=1S/C17H17NO3/c1-2-20-16-8-4-7-15(11-19)17(16)21-12-14-6-3-5-13(9-14)10-18/h3-9,19H,2,11-12H2,1H3. The molecule has 4 nitrogen and oxygen atoms in total. The van der Waals surface area contributed by atoms with Crippen molar-refractivity contribution in [3.8, 4) is 17.6 Å². The van der Waals surface area contributed by atoms with Crippen molar-refractivity contribution in [1.82, 2.24) is 0 Å². The first-order valence-electron chi connectivity index (χ1n) is 6.76. The average molecular weight is 283 g/mol. The van der Waals surface area contributed by atoms with Gasteiger partial charge in [-0.15, -0.1) is 0 Å². The van der Waals surface area contributed by atoms with Crippen molar-refractivity contribution in [2.75, 3.05) is 6.61 Å². The minimum absolute atomic E-state index is 0.117. The van der Waals surface area contributed by atoms with Crippen LogP contribution >= 0.6 is 0 Å². The molecule has 21 heavy (non-hydrogen) atoms. The average Bonchev–Trinajstić information content (AvgIpc) is 2.54. The lowest BCUT2D eigenvalue weighted by atomic mass is 10.1. The van der Waals surface area contributed by atoms with Crippen LogP contribution in [0.5, 0.6) is 11.5 Å². The minimum Gasteiger partial charge on any atom is -0.490 e. The van der Waals surface area contributed by atoms with Gasteiger partial charge in [0.2, 0.25) is 0 Å². The number of nitriles is 1. The van der Waals surface area contributed by atoms with Gasteiger partial charge in [-0.05, 0) is 30.7 Å². The van der Waals surface area contributed by atoms with Gasteiger partial charge >= 0.3 is 0 Å². The second-order valence-electron chi connectivity index (χ2n) is 4.44. The predicted molar refractivity (Wildman–Crippen MR) is 79.0 cm³/mol. The molecule has 0 amide bonds. The Labute approximate surface area is 124 Å². The van der Waals surface area contributed by atoms with Gasteiger partial charge < -0.3 is 14.6 Å². The monoisotopic (exact) mass is 283 g/mol. The number of aliphatic hydroxyl groups excluding tert-OH is 1. The Morgan fingerprint density at radius 1 is 1.14 bits per heavy atom. The molecule has 0 bridgehead atoms. The normalized spacial score (nSPS) is 9.95. The molecule has 0 heterocycles. The van der Waals surface area contributed by atoms with E-state index in [0.29, 0.717) is 35.8 Å². The molecule has 0 saturated carbocycles. The maximum absolute atomic E-state index is 9.41. The van der Waals surface area contributed by atoms with E-state index in [1.54, 1.807) is 18.2 Å². The lowest BCUT2D eigenvalue weighted by Crippen LogP contribution is -2.03. The van der Waals surface area contributed by atoms with E-state index in [-0.39, 0.29) is 6.61 Å². The van der Waals surface area contributed by atoms with Gasteiger partial charge in [0.05, 0.1) is 24.8 Å². The van der Waals surface area contributed by atoms with E-state index in [1.807, 2.05) is 31.2 Å². The molecule has 2 rings (SSSR count). The zero-order valence-electron chi connectivity index (χ0n) is 11.9. The topological polar surface area (TPSA) is 62.5 Å². The zero-order valence-corrected chi connectivity index (χ0v) is 11.9. The molecule has 0 aliphatic carbocycles. The molecule has 4 heteroatoms. The van der Waals surface area contributed by atoms with Gasteiger partial charge in [-0.2, -0.15) is 5.26 Å². The molecular formula is C17H17NO3. The number of para-hydroxylation sites is 1. The quantitative estimate of drug-likeness (QED) is 0.885. The molecule has 0 saturated heterocycles. The third-order valence-corrected chi connectivity index (χ3v) is 2.97. The molecule has 0 aliphatic rings. The first-order chi connectivity index (χ1) is 10.3. The smallest absolute Gasteiger partial charge is 0.167 e. The largest absolute Gasteiger partial charge is 0.490 e. The highest BCUT2D eigenvalue weighted by Crippen LogP contribution is 2.32. The van der Waals surface area contributed by atoms with Gasteiger partial charge in [0.15, 0.2) is 11.5 Å². The minimum atomic E-state index is -0.117. The first-order valence-corrected chi connectivity index (χ1v) is 6.76. The molecule has 0 spiro atoms. The van der Waals surface area contributed by atoms with E-state index in [1.165, 1.54) is 0 Å². The van der Waals surface area contributed by atoms with Gasteiger partial charge in [-0.3, -0.25) is 0 Å². The first kappa shape index (κ1) is 14.9. The molecule has 0 aliphatic heterocycles. The van der Waals surface area contributed by atoms with Gasteiger partial charge in [0.1, 0.15) is 6.61 Å². The Kier molecular flexibility index (Phi) is 5.19. The third kappa shape index (κ3) is 3.74. The van der Waals surface area contributed by atoms with Crippen LogP contribution in [0.2, 0.25) is 0 Å². The highest BCUT2D eigenvalue weighted by molar-refractivity contribution is 5.46. The van der Waals surface area contributed by atoms with Crippen LogP contribution in [-0.4, -0.2) is 11.7 Å². The molecule has 0 aromatic heterocycles. The number of nitrogens with zero attached hydrogens (tertiary/aromatic N) is 1. The number of ether oxygens (including phenoxy) is 2. The van der Waals surface area contributed by atoms with Crippen LogP contribution in [0.4, 0.5) is 0 Å². The molecule has 2 aromatic rings. The van der Waals surface area contributed by atoms with Crippen LogP contribution in [0.1, 0.15) is 23.6 Å². The molecule has 2 aromatic carbocycles. The highest BCUT2D eigenvalue weighted by atomic mass is 16.5. The summed E-state index contributed by atoms with van der Waals surface area (Å²) in [5.41, 5.74) is 2.17. The van der Waals surface area contributed by atoms with Crippen molar-refractivity contribution in [2.24, 2.45) is 0 Å². The summed E-state index contributed by atoms with van der Waals surface area (Å²) in [5.74, 6) is 1.16. The van der Waals surface area contributed by atoms with Crippen molar-refractivity contribution < 1.29 is 14.6 Å². The second kappa shape index (κ2) is 7.32. The van der Waals surface area contributed by atoms with Crippen LogP contribution in [0.15, 0.2) is 42.5 Å². The molecule has 1 N–H and O–H groups in total. The van der Waals surface area contributed by atoms with Crippen LogP contribution in [0.25, 0.3) is 0 Å². The lowest BCUT2D eigenvalue weighted by Gasteiger charge is -2.15. The Hall–Kier alpha value is -2.51. The van der Waals surface area contributed by atoms with Crippen LogP contribution < -0.4 is 9.47 Å². The van der Waals surface area contributed by atoms with E-state index < -0.39 is 0 Å². The number of benzene rings is 2. The predicted octanol–water partition coefficient (Wildman–Crippen LogP) is 3.03. The van der Waals surface area contributed by atoms with Gasteiger partial charge in [-0.25, -0.2) is 0 Å². The lowest BCUT2D eigenvalue weighted by molar-refractivity contribution is 0.243. The number of aliphatic hydroxyl groups is 1. The van der Waals surface area contributed by atoms with Crippen molar-refractivity contribution in [3.05, 3.63) is 59.2 Å². The Morgan fingerprint density at radius 2 is 1.95 bits per heavy atom. The van der Waals surface area contributed by atoms with E-state index >= 15 is 0 Å². The fourth-order valence-corrected chi connectivity index (χ4v) is 2.00. The van der Waals surface area contributed by atoms with Crippen molar-refractivity contribution in [3.63, 3.8) is 0 Å². The zero-order chi connectivity index (χ0) is 15.1. The summed E-state index contributed by atoms with van der Waals surface area (Å²) in [6, 6.07) is 14.8. The molecule has 0 fully saturated rings. The molecule has 108 valence electrons. The maximum Gasteiger partial charge on any atom is 0.167 e. The number of hydrogen-bond acceptors (Lipinski definition) is 4. The van der Waals surface area contributed by atoms with E-state index in [4.69, 9.17) is 14.7 Å². The van der Waals surface area contributed by atoms with Crippen molar-refractivity contribution in [1.29, 1.82) is 5.26 Å². The van der Waals surface area contributed by atoms with E-state index in [2.05, 4.69) is 6.07 Å². The summed E-state index contributed by atoms with van der Waals surface area (Å²) in [4.78, 5) is 0. The fourth-order valence-electron chi connectivity index (χ4n) is 2.00. The van der Waals surface area contributed by atoms with Crippen molar-refractivity contribution in [2.45, 2.75) is 20.1 Å². The summed E-state index contributed by atoms with van der Waals surface area (Å²) in [5, 5.41) is 18.3. The summed E-state index contributed by atoms with van der Waals surface area (Å²) in [6.07, 6.45) is 0. The summed E-state index contributed by atoms with van der Waals surface area (Å²) < 4.78 is 11.3. The fraction of sp³-hybridized carbons (Fsp3) is 0.235. The molecule has 0 unspecified atom stereocenters. The number of hydrogen-bond donors (Lipinski definition) is 1.